The molecule has 0 bridgehead atoms. The number of aliphatic hydroxyl groups is 1. The largest absolute Gasteiger partial charge is 0.469 e. The summed E-state index contributed by atoms with van der Waals surface area (Å²) in [5.74, 6) is 2.42. The average Bonchev–Trinajstić information content (AvgIpc) is 3.30. The van der Waals surface area contributed by atoms with E-state index in [4.69, 9.17) is 9.47 Å². The fourth-order valence-corrected chi connectivity index (χ4v) is 7.68. The first-order chi connectivity index (χ1) is 11.9. The number of carbonyl (C=O) groups excluding carboxylic acids is 1. The predicted molar refractivity (Wildman–Crippen MR) is 94.8 cm³/mol. The highest BCUT2D eigenvalue weighted by atomic mass is 16.6. The van der Waals surface area contributed by atoms with Crippen molar-refractivity contribution < 1.29 is 19.4 Å². The van der Waals surface area contributed by atoms with E-state index in [1.54, 1.807) is 0 Å². The second-order valence-electron chi connectivity index (χ2n) is 9.74. The topological polar surface area (TPSA) is 59.1 Å². The molecule has 1 heterocycles. The van der Waals surface area contributed by atoms with Gasteiger partial charge in [-0.15, -0.1) is 0 Å². The van der Waals surface area contributed by atoms with Crippen LogP contribution in [0.1, 0.15) is 59.3 Å². The Labute approximate surface area is 151 Å². The van der Waals surface area contributed by atoms with Crippen LogP contribution in [0.25, 0.3) is 0 Å². The lowest BCUT2D eigenvalue weighted by Gasteiger charge is -2.59. The summed E-state index contributed by atoms with van der Waals surface area (Å²) in [7, 11) is 1.51. The van der Waals surface area contributed by atoms with Crippen LogP contribution in [0.2, 0.25) is 0 Å². The van der Waals surface area contributed by atoms with Crippen molar-refractivity contribution in [2.45, 2.75) is 71.5 Å². The fraction of sp³-hybridized carbons (Fsp3) is 0.952. The van der Waals surface area contributed by atoms with Crippen LogP contribution in [0.3, 0.4) is 0 Å². The van der Waals surface area contributed by atoms with E-state index >= 15 is 0 Å². The van der Waals surface area contributed by atoms with Crippen LogP contribution in [-0.4, -0.2) is 37.0 Å². The van der Waals surface area contributed by atoms with Gasteiger partial charge in [-0.2, -0.15) is 0 Å². The molecule has 0 aromatic carbocycles. The minimum Gasteiger partial charge on any atom is -0.469 e. The number of ether oxygens (including phenoxy) is 2. The molecular formula is C21H34O4. The highest BCUT2D eigenvalue weighted by Crippen LogP contribution is 2.73. The van der Waals surface area contributed by atoms with Crippen LogP contribution in [0.15, 0.2) is 0 Å². The van der Waals surface area contributed by atoms with Crippen molar-refractivity contribution in [3.63, 3.8) is 0 Å². The molecule has 3 saturated carbocycles. The number of esters is 1. The van der Waals surface area contributed by atoms with Crippen LogP contribution in [0.4, 0.5) is 0 Å². The molecule has 4 rings (SSSR count). The van der Waals surface area contributed by atoms with Gasteiger partial charge in [0, 0.05) is 12.0 Å². The molecule has 0 amide bonds. The average molecular weight is 350 g/mol. The van der Waals surface area contributed by atoms with Crippen molar-refractivity contribution in [2.75, 3.05) is 13.7 Å². The lowest BCUT2D eigenvalue weighted by atomic mass is 9.44. The van der Waals surface area contributed by atoms with E-state index in [0.29, 0.717) is 35.9 Å². The summed E-state index contributed by atoms with van der Waals surface area (Å²) in [6.07, 6.45) is 7.11. The number of carbonyl (C=O) groups is 1. The Kier molecular flexibility index (Phi) is 4.23. The Hall–Kier alpha value is -0.610. The van der Waals surface area contributed by atoms with E-state index in [-0.39, 0.29) is 29.3 Å². The Balaban J connectivity index is 1.71. The van der Waals surface area contributed by atoms with Crippen molar-refractivity contribution in [3.8, 4) is 0 Å². The summed E-state index contributed by atoms with van der Waals surface area (Å²) >= 11 is 0. The summed E-state index contributed by atoms with van der Waals surface area (Å²) in [6.45, 7) is 7.54. The second kappa shape index (κ2) is 5.95. The Morgan fingerprint density at radius 3 is 2.76 bits per heavy atom. The predicted octanol–water partition coefficient (Wildman–Crippen LogP) is 3.41. The summed E-state index contributed by atoms with van der Waals surface area (Å²) < 4.78 is 11.4. The van der Waals surface area contributed by atoms with Gasteiger partial charge in [-0.05, 0) is 61.2 Å². The summed E-state index contributed by atoms with van der Waals surface area (Å²) in [5, 5.41) is 9.42. The Morgan fingerprint density at radius 1 is 1.32 bits per heavy atom. The molecule has 1 saturated heterocycles. The van der Waals surface area contributed by atoms with Gasteiger partial charge in [-0.3, -0.25) is 4.79 Å². The number of fused-ring (bicyclic) bond motifs is 6. The first-order valence-corrected chi connectivity index (χ1v) is 10.2. The first-order valence-electron chi connectivity index (χ1n) is 10.2. The summed E-state index contributed by atoms with van der Waals surface area (Å²) in [4.78, 5) is 12.3. The normalized spacial score (nSPS) is 53.6. The number of epoxide rings is 1. The zero-order valence-corrected chi connectivity index (χ0v) is 16.2. The molecule has 0 spiro atoms. The standard InChI is InChI=1S/C21H34O4/c1-12-7-8-15-17-18(25-17)20(2)11-13(19(23)24-4)10-16(20)21(15,3)14(12)6-5-9-22/h12-18,22H,5-11H2,1-4H3/t12-,13?,14+,15+,16+,17+,18+,20-,21-/m0/s1. The van der Waals surface area contributed by atoms with Crippen LogP contribution >= 0.6 is 0 Å². The van der Waals surface area contributed by atoms with Gasteiger partial charge in [0.15, 0.2) is 0 Å². The molecule has 0 radical (unpaired) electrons. The quantitative estimate of drug-likeness (QED) is 0.623. The number of rotatable bonds is 4. The van der Waals surface area contributed by atoms with Crippen LogP contribution in [0, 0.1) is 40.4 Å². The first kappa shape index (κ1) is 17.8. The van der Waals surface area contributed by atoms with Gasteiger partial charge in [0.2, 0.25) is 0 Å². The Bertz CT molecular complexity index is 548. The molecule has 1 N–H and O–H groups in total. The van der Waals surface area contributed by atoms with Gasteiger partial charge >= 0.3 is 5.97 Å². The Morgan fingerprint density at radius 2 is 2.08 bits per heavy atom. The third kappa shape index (κ3) is 2.36. The van der Waals surface area contributed by atoms with E-state index in [1.165, 1.54) is 20.0 Å². The minimum atomic E-state index is -0.0382. The molecule has 9 atom stereocenters. The number of hydrogen-bond acceptors (Lipinski definition) is 4. The van der Waals surface area contributed by atoms with E-state index < -0.39 is 0 Å². The van der Waals surface area contributed by atoms with Crippen molar-refractivity contribution in [1.29, 1.82) is 0 Å². The van der Waals surface area contributed by atoms with Gasteiger partial charge in [-0.25, -0.2) is 0 Å². The highest BCUT2D eigenvalue weighted by Gasteiger charge is 2.74. The fourth-order valence-electron chi connectivity index (χ4n) is 7.68. The van der Waals surface area contributed by atoms with Crippen molar-refractivity contribution in [2.24, 2.45) is 40.4 Å². The maximum atomic E-state index is 12.3. The minimum absolute atomic E-state index is 0.0242. The van der Waals surface area contributed by atoms with Gasteiger partial charge in [0.05, 0.1) is 25.2 Å². The zero-order valence-electron chi connectivity index (χ0n) is 16.2. The van der Waals surface area contributed by atoms with E-state index in [2.05, 4.69) is 20.8 Å². The van der Waals surface area contributed by atoms with Gasteiger partial charge in [0.1, 0.15) is 0 Å². The number of aliphatic hydroxyl groups excluding tert-OH is 1. The molecule has 4 nitrogen and oxygen atoms in total. The van der Waals surface area contributed by atoms with E-state index in [1.807, 2.05) is 0 Å². The molecule has 0 aromatic heterocycles. The number of methoxy groups -OCH3 is 1. The van der Waals surface area contributed by atoms with Crippen LogP contribution in [-0.2, 0) is 14.3 Å². The highest BCUT2D eigenvalue weighted by molar-refractivity contribution is 5.73. The molecule has 1 aliphatic heterocycles. The van der Waals surface area contributed by atoms with Gasteiger partial charge < -0.3 is 14.6 Å². The molecular weight excluding hydrogens is 316 g/mol. The van der Waals surface area contributed by atoms with Crippen molar-refractivity contribution in [1.82, 2.24) is 0 Å². The third-order valence-electron chi connectivity index (χ3n) is 8.75. The van der Waals surface area contributed by atoms with Crippen molar-refractivity contribution >= 4 is 5.97 Å². The van der Waals surface area contributed by atoms with Gasteiger partial charge in [0.25, 0.3) is 0 Å². The van der Waals surface area contributed by atoms with Gasteiger partial charge in [-0.1, -0.05) is 27.2 Å². The summed E-state index contributed by atoms with van der Waals surface area (Å²) in [6, 6.07) is 0. The second-order valence-corrected chi connectivity index (χ2v) is 9.74. The molecule has 4 fully saturated rings. The van der Waals surface area contributed by atoms with Crippen LogP contribution < -0.4 is 0 Å². The zero-order chi connectivity index (χ0) is 18.0. The molecule has 4 aliphatic rings. The van der Waals surface area contributed by atoms with Crippen molar-refractivity contribution in [3.05, 3.63) is 0 Å². The van der Waals surface area contributed by atoms with E-state index in [0.717, 1.165) is 25.7 Å². The lowest BCUT2D eigenvalue weighted by Crippen LogP contribution is -2.57. The maximum absolute atomic E-state index is 12.3. The lowest BCUT2D eigenvalue weighted by molar-refractivity contribution is -0.145. The van der Waals surface area contributed by atoms with E-state index in [9.17, 15) is 9.90 Å². The van der Waals surface area contributed by atoms with Crippen LogP contribution in [0.5, 0.6) is 0 Å². The molecule has 0 aromatic rings. The summed E-state index contributed by atoms with van der Waals surface area (Å²) in [5.41, 5.74) is 0.311. The SMILES string of the molecule is COC(=O)C1C[C@@H]2[C@](C)(C1)[C@@H]1O[C@@H]1[C@H]1CC[C@H](C)[C@@H](CCCO)[C@@]12C. The molecule has 25 heavy (non-hydrogen) atoms. The maximum Gasteiger partial charge on any atom is 0.308 e. The molecule has 142 valence electrons. The number of hydrogen-bond donors (Lipinski definition) is 1. The molecule has 3 aliphatic carbocycles. The monoisotopic (exact) mass is 350 g/mol. The third-order valence-corrected chi connectivity index (χ3v) is 8.75. The molecule has 4 heteroatoms. The smallest absolute Gasteiger partial charge is 0.308 e. The molecule has 1 unspecified atom stereocenters.